The number of carbonyl (C=O) groups excluding carboxylic acids is 1. The number of aliphatic hydroxyl groups is 1. The third-order valence-electron chi connectivity index (χ3n) is 7.00. The largest absolute Gasteiger partial charge is 0.393 e. The van der Waals surface area contributed by atoms with Gasteiger partial charge in [0.2, 0.25) is 0 Å². The van der Waals surface area contributed by atoms with Crippen molar-refractivity contribution in [1.29, 1.82) is 0 Å². The van der Waals surface area contributed by atoms with Gasteiger partial charge in [-0.15, -0.1) is 0 Å². The first kappa shape index (κ1) is 13.8. The molecule has 0 aromatic heterocycles. The number of hydrogen-bond acceptors (Lipinski definition) is 2. The van der Waals surface area contributed by atoms with Gasteiger partial charge in [-0.25, -0.2) is 0 Å². The minimum atomic E-state index is -0.103. The second kappa shape index (κ2) is 4.81. The Kier molecular flexibility index (Phi) is 3.15. The Morgan fingerprint density at radius 1 is 1.24 bits per heavy atom. The Labute approximate surface area is 127 Å². The maximum Gasteiger partial charge on any atom is 0.137 e. The van der Waals surface area contributed by atoms with Crippen LogP contribution in [0.1, 0.15) is 64.7 Å². The van der Waals surface area contributed by atoms with E-state index in [1.54, 1.807) is 5.57 Å². The van der Waals surface area contributed by atoms with Gasteiger partial charge in [-0.3, -0.25) is 4.79 Å². The monoisotopic (exact) mass is 286 g/mol. The van der Waals surface area contributed by atoms with Crippen LogP contribution in [0.4, 0.5) is 0 Å². The van der Waals surface area contributed by atoms with Crippen LogP contribution in [0.25, 0.3) is 0 Å². The number of hydrogen-bond donors (Lipinski definition) is 1. The van der Waals surface area contributed by atoms with E-state index in [4.69, 9.17) is 0 Å². The van der Waals surface area contributed by atoms with Gasteiger partial charge in [0.1, 0.15) is 5.78 Å². The van der Waals surface area contributed by atoms with Gasteiger partial charge in [0, 0.05) is 18.3 Å². The number of rotatable bonds is 1. The summed E-state index contributed by atoms with van der Waals surface area (Å²) in [4.78, 5) is 11.7. The molecule has 21 heavy (non-hydrogen) atoms. The van der Waals surface area contributed by atoms with Crippen LogP contribution in [-0.4, -0.2) is 17.0 Å². The quantitative estimate of drug-likeness (QED) is 0.792. The molecule has 0 radical (unpaired) electrons. The normalized spacial score (nSPS) is 42.3. The lowest BCUT2D eigenvalue weighted by atomic mass is 9.57. The van der Waals surface area contributed by atoms with Gasteiger partial charge in [0.15, 0.2) is 0 Å². The number of aliphatic hydroxyl groups excluding tert-OH is 1. The van der Waals surface area contributed by atoms with Crippen molar-refractivity contribution in [2.24, 2.45) is 17.3 Å². The first-order valence-electron chi connectivity index (χ1n) is 8.77. The lowest BCUT2D eigenvalue weighted by Gasteiger charge is -2.48. The molecule has 0 heterocycles. The van der Waals surface area contributed by atoms with Gasteiger partial charge in [0.05, 0.1) is 6.10 Å². The maximum absolute atomic E-state index is 11.7. The van der Waals surface area contributed by atoms with Crippen LogP contribution in [0.5, 0.6) is 0 Å². The first-order valence-corrected chi connectivity index (χ1v) is 8.77. The van der Waals surface area contributed by atoms with E-state index < -0.39 is 0 Å². The molecule has 0 aliphatic heterocycles. The maximum atomic E-state index is 11.7. The summed E-state index contributed by atoms with van der Waals surface area (Å²) in [5.74, 6) is 1.76. The third-order valence-corrected chi connectivity index (χ3v) is 7.00. The van der Waals surface area contributed by atoms with E-state index in [9.17, 15) is 9.90 Å². The molecular weight excluding hydrogens is 260 g/mol. The highest BCUT2D eigenvalue weighted by atomic mass is 16.3. The van der Waals surface area contributed by atoms with Crippen molar-refractivity contribution in [3.05, 3.63) is 22.8 Å². The third kappa shape index (κ3) is 1.84. The van der Waals surface area contributed by atoms with Crippen molar-refractivity contribution >= 4 is 5.78 Å². The molecule has 0 spiro atoms. The summed E-state index contributed by atoms with van der Waals surface area (Å²) < 4.78 is 0. The molecule has 4 rings (SSSR count). The SMILES string of the molecule is CC[C@]12CC=C3C4=C(CC[C@H]3[C@@H]1CC[C@@H]2O)CC(=O)CC4. The highest BCUT2D eigenvalue weighted by molar-refractivity contribution is 5.83. The molecule has 0 saturated heterocycles. The molecule has 4 atom stereocenters. The second-order valence-electron chi connectivity index (χ2n) is 7.59. The summed E-state index contributed by atoms with van der Waals surface area (Å²) in [6.45, 7) is 2.26. The van der Waals surface area contributed by atoms with E-state index in [0.29, 0.717) is 24.0 Å². The second-order valence-corrected chi connectivity index (χ2v) is 7.59. The summed E-state index contributed by atoms with van der Waals surface area (Å²) in [5.41, 5.74) is 4.71. The lowest BCUT2D eigenvalue weighted by molar-refractivity contribution is -0.118. The molecule has 4 aliphatic carbocycles. The molecule has 4 aliphatic rings. The number of carbonyl (C=O) groups is 1. The van der Waals surface area contributed by atoms with Crippen molar-refractivity contribution in [2.75, 3.05) is 0 Å². The number of fused-ring (bicyclic) bond motifs is 4. The van der Waals surface area contributed by atoms with Gasteiger partial charge in [-0.05, 0) is 67.9 Å². The molecule has 0 bridgehead atoms. The predicted molar refractivity (Wildman–Crippen MR) is 82.8 cm³/mol. The Bertz CT molecular complexity index is 542. The Balaban J connectivity index is 1.73. The fourth-order valence-electron chi connectivity index (χ4n) is 5.85. The predicted octanol–water partition coefficient (Wildman–Crippen LogP) is 3.94. The molecule has 0 unspecified atom stereocenters. The standard InChI is InChI=1S/C19H26O2/c1-2-19-10-9-15-14-6-4-13(20)11-12(14)3-5-16(15)17(19)7-8-18(19)21/h9,16-18,21H,2-8,10-11H2,1H3/t16-,17+,18+,19+/m1/s1. The summed E-state index contributed by atoms with van der Waals surface area (Å²) in [6, 6.07) is 0. The minimum Gasteiger partial charge on any atom is -0.393 e. The summed E-state index contributed by atoms with van der Waals surface area (Å²) >= 11 is 0. The molecule has 1 fully saturated rings. The molecular formula is C19H26O2. The minimum absolute atomic E-state index is 0.103. The molecule has 2 nitrogen and oxygen atoms in total. The van der Waals surface area contributed by atoms with Crippen molar-refractivity contribution in [1.82, 2.24) is 0 Å². The zero-order valence-electron chi connectivity index (χ0n) is 13.0. The van der Waals surface area contributed by atoms with E-state index in [1.165, 1.54) is 24.0 Å². The molecule has 1 saturated carbocycles. The Morgan fingerprint density at radius 2 is 2.10 bits per heavy atom. The van der Waals surface area contributed by atoms with E-state index in [1.807, 2.05) is 0 Å². The van der Waals surface area contributed by atoms with Gasteiger partial charge in [-0.1, -0.05) is 18.6 Å². The van der Waals surface area contributed by atoms with Crippen LogP contribution in [0.15, 0.2) is 22.8 Å². The average molecular weight is 286 g/mol. The van der Waals surface area contributed by atoms with Gasteiger partial charge < -0.3 is 5.11 Å². The topological polar surface area (TPSA) is 37.3 Å². The van der Waals surface area contributed by atoms with Crippen LogP contribution >= 0.6 is 0 Å². The van der Waals surface area contributed by atoms with Crippen molar-refractivity contribution in [3.63, 3.8) is 0 Å². The summed E-state index contributed by atoms with van der Waals surface area (Å²) in [6.07, 6.45) is 11.4. The van der Waals surface area contributed by atoms with E-state index in [-0.39, 0.29) is 11.5 Å². The average Bonchev–Trinajstić information content (AvgIpc) is 2.84. The number of ketones is 1. The zero-order valence-corrected chi connectivity index (χ0v) is 13.0. The first-order chi connectivity index (χ1) is 10.2. The molecule has 0 aromatic carbocycles. The smallest absolute Gasteiger partial charge is 0.137 e. The fraction of sp³-hybridized carbons (Fsp3) is 0.737. The van der Waals surface area contributed by atoms with Crippen molar-refractivity contribution < 1.29 is 9.90 Å². The summed E-state index contributed by atoms with van der Waals surface area (Å²) in [7, 11) is 0. The summed E-state index contributed by atoms with van der Waals surface area (Å²) in [5, 5.41) is 10.5. The van der Waals surface area contributed by atoms with Crippen molar-refractivity contribution in [2.45, 2.75) is 70.8 Å². The highest BCUT2D eigenvalue weighted by Crippen LogP contribution is 2.60. The number of allylic oxidation sites excluding steroid dienone is 4. The molecule has 114 valence electrons. The van der Waals surface area contributed by atoms with E-state index in [0.717, 1.165) is 38.5 Å². The van der Waals surface area contributed by atoms with Gasteiger partial charge in [0.25, 0.3) is 0 Å². The molecule has 1 N–H and O–H groups in total. The van der Waals surface area contributed by atoms with Crippen LogP contribution in [0.2, 0.25) is 0 Å². The molecule has 2 heteroatoms. The Hall–Kier alpha value is -0.890. The van der Waals surface area contributed by atoms with Crippen LogP contribution in [-0.2, 0) is 4.79 Å². The van der Waals surface area contributed by atoms with Crippen LogP contribution in [0.3, 0.4) is 0 Å². The van der Waals surface area contributed by atoms with Gasteiger partial charge >= 0.3 is 0 Å². The van der Waals surface area contributed by atoms with E-state index in [2.05, 4.69) is 13.0 Å². The fourth-order valence-corrected chi connectivity index (χ4v) is 5.85. The van der Waals surface area contributed by atoms with Gasteiger partial charge in [-0.2, -0.15) is 0 Å². The van der Waals surface area contributed by atoms with E-state index >= 15 is 0 Å². The molecule has 0 amide bonds. The van der Waals surface area contributed by atoms with Crippen LogP contribution < -0.4 is 0 Å². The zero-order chi connectivity index (χ0) is 14.6. The van der Waals surface area contributed by atoms with Crippen molar-refractivity contribution in [3.8, 4) is 0 Å². The lowest BCUT2D eigenvalue weighted by Crippen LogP contribution is -2.42. The van der Waals surface area contributed by atoms with Crippen LogP contribution in [0, 0.1) is 17.3 Å². The Morgan fingerprint density at radius 3 is 2.90 bits per heavy atom. The highest BCUT2D eigenvalue weighted by Gasteiger charge is 2.53. The number of Topliss-reactive ketones (excluding diaryl/α,β-unsaturated/α-hetero) is 1. The molecule has 0 aromatic rings.